The molecule has 4 aromatic rings. The third kappa shape index (κ3) is 2.84. The van der Waals surface area contributed by atoms with E-state index in [1.54, 1.807) is 0 Å². The third-order valence-corrected chi connectivity index (χ3v) is 6.12. The van der Waals surface area contributed by atoms with Gasteiger partial charge in [-0.15, -0.1) is 0 Å². The highest BCUT2D eigenvalue weighted by Gasteiger charge is 2.36. The first-order valence-corrected chi connectivity index (χ1v) is 10.2. The number of anilines is 3. The van der Waals surface area contributed by atoms with E-state index in [4.69, 9.17) is 0 Å². The summed E-state index contributed by atoms with van der Waals surface area (Å²) < 4.78 is 0. The van der Waals surface area contributed by atoms with Crippen molar-refractivity contribution in [3.05, 3.63) is 114 Å². The zero-order valence-corrected chi connectivity index (χ0v) is 17.2. The molecule has 2 nitrogen and oxygen atoms in total. The Kier molecular flexibility index (Phi) is 4.29. The van der Waals surface area contributed by atoms with E-state index >= 15 is 0 Å². The quantitative estimate of drug-likeness (QED) is 0.343. The molecule has 30 heavy (non-hydrogen) atoms. The van der Waals surface area contributed by atoms with Crippen LogP contribution in [0.15, 0.2) is 97.1 Å². The molecule has 5 rings (SSSR count). The molecule has 0 amide bonds. The van der Waals surface area contributed by atoms with Gasteiger partial charge in [-0.3, -0.25) is 4.79 Å². The molecule has 4 aromatic carbocycles. The number of hydrogen-bond acceptors (Lipinski definition) is 2. The lowest BCUT2D eigenvalue weighted by molar-refractivity contribution is 0.112. The van der Waals surface area contributed by atoms with Crippen LogP contribution >= 0.6 is 0 Å². The van der Waals surface area contributed by atoms with Gasteiger partial charge in [-0.25, -0.2) is 0 Å². The van der Waals surface area contributed by atoms with Crippen LogP contribution in [-0.2, 0) is 5.41 Å². The van der Waals surface area contributed by atoms with Gasteiger partial charge in [0.2, 0.25) is 0 Å². The lowest BCUT2D eigenvalue weighted by atomic mass is 9.73. The van der Waals surface area contributed by atoms with Gasteiger partial charge in [-0.1, -0.05) is 80.6 Å². The number of fused-ring (bicyclic) bond motifs is 2. The number of benzene rings is 4. The molecule has 1 heterocycles. The molecule has 0 spiro atoms. The molecule has 0 saturated carbocycles. The fraction of sp³-hybridized carbons (Fsp3) is 0.107. The Morgan fingerprint density at radius 1 is 0.667 bits per heavy atom. The second kappa shape index (κ2) is 7.00. The molecule has 0 fully saturated rings. The molecule has 1 aliphatic heterocycles. The van der Waals surface area contributed by atoms with Crippen molar-refractivity contribution in [1.82, 2.24) is 0 Å². The van der Waals surface area contributed by atoms with Crippen molar-refractivity contribution in [2.24, 2.45) is 0 Å². The summed E-state index contributed by atoms with van der Waals surface area (Å²) in [4.78, 5) is 13.4. The first kappa shape index (κ1) is 18.4. The van der Waals surface area contributed by atoms with E-state index in [2.05, 4.69) is 91.5 Å². The Balaban J connectivity index is 1.72. The Bertz CT molecular complexity index is 1220. The van der Waals surface area contributed by atoms with Crippen LogP contribution in [-0.4, -0.2) is 6.29 Å². The van der Waals surface area contributed by atoms with Crippen LogP contribution < -0.4 is 4.90 Å². The Labute approximate surface area is 177 Å². The second-order valence-corrected chi connectivity index (χ2v) is 8.28. The molecule has 0 bridgehead atoms. The largest absolute Gasteiger partial charge is 0.310 e. The van der Waals surface area contributed by atoms with Gasteiger partial charge in [-0.05, 0) is 52.6 Å². The molecule has 0 aliphatic carbocycles. The monoisotopic (exact) mass is 389 g/mol. The maximum Gasteiger partial charge on any atom is 0.150 e. The predicted molar refractivity (Wildman–Crippen MR) is 124 cm³/mol. The minimum Gasteiger partial charge on any atom is -0.310 e. The van der Waals surface area contributed by atoms with Crippen molar-refractivity contribution in [2.75, 3.05) is 4.90 Å². The second-order valence-electron chi connectivity index (χ2n) is 8.28. The number of carbonyl (C=O) groups excluding carboxylic acids is 1. The van der Waals surface area contributed by atoms with Crippen LogP contribution in [0.25, 0.3) is 11.1 Å². The molecule has 0 N–H and O–H groups in total. The lowest BCUT2D eigenvalue weighted by Crippen LogP contribution is -2.30. The molecule has 0 aromatic heterocycles. The van der Waals surface area contributed by atoms with Crippen molar-refractivity contribution < 1.29 is 4.79 Å². The smallest absolute Gasteiger partial charge is 0.150 e. The molecule has 2 heteroatoms. The Morgan fingerprint density at radius 3 is 2.03 bits per heavy atom. The summed E-state index contributed by atoms with van der Waals surface area (Å²) >= 11 is 0. The van der Waals surface area contributed by atoms with Crippen LogP contribution in [0.5, 0.6) is 0 Å². The number of hydrogen-bond donors (Lipinski definition) is 0. The third-order valence-electron chi connectivity index (χ3n) is 6.12. The van der Waals surface area contributed by atoms with Crippen LogP contribution in [0.3, 0.4) is 0 Å². The van der Waals surface area contributed by atoms with Crippen molar-refractivity contribution in [3.8, 4) is 11.1 Å². The van der Waals surface area contributed by atoms with Gasteiger partial charge in [-0.2, -0.15) is 0 Å². The summed E-state index contributed by atoms with van der Waals surface area (Å²) in [5.74, 6) is 0. The van der Waals surface area contributed by atoms with Crippen molar-refractivity contribution in [1.29, 1.82) is 0 Å². The maximum absolute atomic E-state index is 11.0. The average Bonchev–Trinajstić information content (AvgIpc) is 2.80. The number of aldehydes is 1. The van der Waals surface area contributed by atoms with E-state index < -0.39 is 0 Å². The van der Waals surface area contributed by atoms with Crippen molar-refractivity contribution in [2.45, 2.75) is 19.3 Å². The molecular formula is C28H23NO. The zero-order valence-electron chi connectivity index (χ0n) is 17.2. The number of carbonyl (C=O) groups is 1. The highest BCUT2D eigenvalue weighted by Crippen LogP contribution is 2.52. The van der Waals surface area contributed by atoms with Crippen molar-refractivity contribution in [3.63, 3.8) is 0 Å². The molecule has 0 radical (unpaired) electrons. The topological polar surface area (TPSA) is 20.3 Å². The summed E-state index contributed by atoms with van der Waals surface area (Å²) in [7, 11) is 0. The first-order chi connectivity index (χ1) is 14.6. The van der Waals surface area contributed by atoms with Gasteiger partial charge < -0.3 is 4.90 Å². The van der Waals surface area contributed by atoms with Gasteiger partial charge in [0.1, 0.15) is 6.29 Å². The summed E-state index contributed by atoms with van der Waals surface area (Å²) in [6, 6.07) is 33.7. The maximum atomic E-state index is 11.0. The van der Waals surface area contributed by atoms with Crippen LogP contribution in [0.1, 0.15) is 35.3 Å². The lowest BCUT2D eigenvalue weighted by Gasteiger charge is -2.42. The van der Waals surface area contributed by atoms with E-state index in [9.17, 15) is 4.79 Å². The van der Waals surface area contributed by atoms with Crippen LogP contribution in [0, 0.1) is 0 Å². The Morgan fingerprint density at radius 2 is 1.30 bits per heavy atom. The zero-order chi connectivity index (χ0) is 20.7. The van der Waals surface area contributed by atoms with Gasteiger partial charge in [0.25, 0.3) is 0 Å². The van der Waals surface area contributed by atoms with Crippen molar-refractivity contribution >= 4 is 23.3 Å². The van der Waals surface area contributed by atoms with E-state index in [-0.39, 0.29) is 5.41 Å². The number of rotatable bonds is 3. The normalized spacial score (nSPS) is 14.0. The highest BCUT2D eigenvalue weighted by atomic mass is 16.1. The molecule has 146 valence electrons. The standard InChI is InChI=1S/C28H23NO/c1-28(2)24-10-6-7-11-26(24)29(23-8-4-3-5-9-23)27-17-16-22(18-25(27)28)21-14-12-20(19-30)13-15-21/h3-19H,1-2H3. The van der Waals surface area contributed by atoms with Gasteiger partial charge >= 0.3 is 0 Å². The van der Waals surface area contributed by atoms with Gasteiger partial charge in [0.05, 0.1) is 11.4 Å². The van der Waals surface area contributed by atoms with Gasteiger partial charge in [0, 0.05) is 16.7 Å². The van der Waals surface area contributed by atoms with E-state index in [1.165, 1.54) is 22.5 Å². The van der Waals surface area contributed by atoms with E-state index in [1.807, 2.05) is 24.3 Å². The van der Waals surface area contributed by atoms with E-state index in [0.29, 0.717) is 5.56 Å². The fourth-order valence-corrected chi connectivity index (χ4v) is 4.49. The first-order valence-electron chi connectivity index (χ1n) is 10.2. The molecule has 0 unspecified atom stereocenters. The minimum atomic E-state index is -0.129. The summed E-state index contributed by atoms with van der Waals surface area (Å²) in [6.45, 7) is 4.60. The minimum absolute atomic E-state index is 0.129. The number of nitrogens with zero attached hydrogens (tertiary/aromatic N) is 1. The average molecular weight is 389 g/mol. The Hall–Kier alpha value is -3.65. The molecular weight excluding hydrogens is 366 g/mol. The molecule has 1 aliphatic rings. The summed E-state index contributed by atoms with van der Waals surface area (Å²) in [5, 5.41) is 0. The summed E-state index contributed by atoms with van der Waals surface area (Å²) in [5.41, 5.74) is 9.04. The van der Waals surface area contributed by atoms with Crippen LogP contribution in [0.4, 0.5) is 17.1 Å². The van der Waals surface area contributed by atoms with Gasteiger partial charge in [0.15, 0.2) is 0 Å². The van der Waals surface area contributed by atoms with Crippen LogP contribution in [0.2, 0.25) is 0 Å². The fourth-order valence-electron chi connectivity index (χ4n) is 4.49. The molecule has 0 saturated heterocycles. The predicted octanol–water partition coefficient (Wildman–Crippen LogP) is 7.28. The van der Waals surface area contributed by atoms with E-state index in [0.717, 1.165) is 23.1 Å². The summed E-state index contributed by atoms with van der Waals surface area (Å²) in [6.07, 6.45) is 0.883. The SMILES string of the molecule is CC1(C)c2ccccc2N(c2ccccc2)c2ccc(-c3ccc(C=O)cc3)cc21. The molecule has 0 atom stereocenters. The number of para-hydroxylation sites is 2. The highest BCUT2D eigenvalue weighted by molar-refractivity contribution is 5.87.